The summed E-state index contributed by atoms with van der Waals surface area (Å²) in [5.74, 6) is 5.20. The molecule has 3 N–H and O–H groups in total. The first-order valence-electron chi connectivity index (χ1n) is 6.47. The molecule has 1 saturated heterocycles. The minimum atomic E-state index is -0.0383. The lowest BCUT2D eigenvalue weighted by molar-refractivity contribution is -0.126. The zero-order valence-corrected chi connectivity index (χ0v) is 10.9. The summed E-state index contributed by atoms with van der Waals surface area (Å²) in [6, 6.07) is 8.57. The molecule has 0 radical (unpaired) electrons. The number of amides is 1. The second-order valence-electron chi connectivity index (χ2n) is 5.07. The Balaban J connectivity index is 1.93. The van der Waals surface area contributed by atoms with E-state index >= 15 is 0 Å². The molecule has 98 valence electrons. The van der Waals surface area contributed by atoms with E-state index in [1.54, 1.807) is 0 Å². The molecule has 1 aliphatic heterocycles. The molecule has 1 amide bonds. The van der Waals surface area contributed by atoms with Crippen LogP contribution in [0.2, 0.25) is 0 Å². The minimum absolute atomic E-state index is 0.0363. The van der Waals surface area contributed by atoms with Gasteiger partial charge >= 0.3 is 0 Å². The van der Waals surface area contributed by atoms with Gasteiger partial charge in [-0.3, -0.25) is 15.1 Å². The summed E-state index contributed by atoms with van der Waals surface area (Å²) in [5, 5.41) is 0. The van der Waals surface area contributed by atoms with Crippen LogP contribution in [-0.2, 0) is 11.3 Å². The van der Waals surface area contributed by atoms with Crippen molar-refractivity contribution in [1.82, 2.24) is 10.3 Å². The lowest BCUT2D eigenvalue weighted by Crippen LogP contribution is -2.44. The third kappa shape index (κ3) is 3.31. The molecular weight excluding hydrogens is 226 g/mol. The number of hydrogen-bond donors (Lipinski definition) is 2. The topological polar surface area (TPSA) is 58.4 Å². The summed E-state index contributed by atoms with van der Waals surface area (Å²) >= 11 is 0. The summed E-state index contributed by atoms with van der Waals surface area (Å²) in [5.41, 5.74) is 4.84. The molecule has 1 unspecified atom stereocenters. The number of nitrogens with one attached hydrogen (secondary N) is 1. The van der Waals surface area contributed by atoms with Gasteiger partial charge in [0.15, 0.2) is 0 Å². The molecule has 1 aromatic rings. The second-order valence-corrected chi connectivity index (χ2v) is 5.07. The van der Waals surface area contributed by atoms with Gasteiger partial charge in [-0.25, -0.2) is 5.84 Å². The average Bonchev–Trinajstić information content (AvgIpc) is 2.41. The molecule has 0 aromatic heterocycles. The van der Waals surface area contributed by atoms with Crippen LogP contribution in [0.25, 0.3) is 0 Å². The van der Waals surface area contributed by atoms with Gasteiger partial charge in [-0.05, 0) is 31.9 Å². The molecule has 4 heteroatoms. The summed E-state index contributed by atoms with van der Waals surface area (Å²) in [7, 11) is 0. The molecular formula is C14H21N3O. The zero-order chi connectivity index (χ0) is 13.0. The van der Waals surface area contributed by atoms with Gasteiger partial charge in [0.1, 0.15) is 0 Å². The molecule has 18 heavy (non-hydrogen) atoms. The molecule has 2 rings (SSSR count). The normalized spacial score (nSPS) is 20.7. The van der Waals surface area contributed by atoms with E-state index in [-0.39, 0.29) is 11.8 Å². The van der Waals surface area contributed by atoms with Gasteiger partial charge < -0.3 is 0 Å². The quantitative estimate of drug-likeness (QED) is 0.479. The van der Waals surface area contributed by atoms with Crippen molar-refractivity contribution in [3.05, 3.63) is 35.4 Å². The lowest BCUT2D eigenvalue weighted by atomic mass is 9.97. The largest absolute Gasteiger partial charge is 0.298 e. The Labute approximate surface area is 108 Å². The van der Waals surface area contributed by atoms with Crippen LogP contribution in [-0.4, -0.2) is 23.9 Å². The highest BCUT2D eigenvalue weighted by Gasteiger charge is 2.24. The molecule has 1 heterocycles. The van der Waals surface area contributed by atoms with Crippen LogP contribution in [0.5, 0.6) is 0 Å². The summed E-state index contributed by atoms with van der Waals surface area (Å²) in [6.45, 7) is 4.86. The number of hydrogen-bond acceptors (Lipinski definition) is 3. The third-order valence-corrected chi connectivity index (χ3v) is 3.55. The number of carbonyl (C=O) groups excluding carboxylic acids is 1. The van der Waals surface area contributed by atoms with Gasteiger partial charge in [0.25, 0.3) is 0 Å². The van der Waals surface area contributed by atoms with E-state index in [1.165, 1.54) is 11.1 Å². The van der Waals surface area contributed by atoms with Crippen molar-refractivity contribution in [2.75, 3.05) is 13.1 Å². The van der Waals surface area contributed by atoms with Crippen LogP contribution in [0.4, 0.5) is 0 Å². The Morgan fingerprint density at radius 3 is 2.83 bits per heavy atom. The van der Waals surface area contributed by atoms with Crippen LogP contribution >= 0.6 is 0 Å². The SMILES string of the molecule is Cc1ccc(CN2CCCC(C(=O)NN)C2)cc1. The Morgan fingerprint density at radius 2 is 2.17 bits per heavy atom. The summed E-state index contributed by atoms with van der Waals surface area (Å²) < 4.78 is 0. The predicted molar refractivity (Wildman–Crippen MR) is 71.5 cm³/mol. The zero-order valence-electron chi connectivity index (χ0n) is 10.9. The smallest absolute Gasteiger partial charge is 0.238 e. The van der Waals surface area contributed by atoms with E-state index in [0.717, 1.165) is 32.5 Å². The minimum Gasteiger partial charge on any atom is -0.298 e. The second kappa shape index (κ2) is 5.98. The Hall–Kier alpha value is -1.39. The van der Waals surface area contributed by atoms with Gasteiger partial charge in [0, 0.05) is 13.1 Å². The number of hydrazine groups is 1. The fourth-order valence-corrected chi connectivity index (χ4v) is 2.48. The van der Waals surface area contributed by atoms with E-state index in [4.69, 9.17) is 5.84 Å². The molecule has 4 nitrogen and oxygen atoms in total. The van der Waals surface area contributed by atoms with Crippen molar-refractivity contribution in [2.24, 2.45) is 11.8 Å². The summed E-state index contributed by atoms with van der Waals surface area (Å²) in [6.07, 6.45) is 2.00. The number of nitrogens with zero attached hydrogens (tertiary/aromatic N) is 1. The van der Waals surface area contributed by atoms with Crippen LogP contribution in [0, 0.1) is 12.8 Å². The molecule has 0 aliphatic carbocycles. The maximum absolute atomic E-state index is 11.5. The highest BCUT2D eigenvalue weighted by atomic mass is 16.2. The predicted octanol–water partition coefficient (Wildman–Crippen LogP) is 1.20. The molecule has 0 saturated carbocycles. The van der Waals surface area contributed by atoms with Crippen LogP contribution in [0.15, 0.2) is 24.3 Å². The van der Waals surface area contributed by atoms with Crippen molar-refractivity contribution < 1.29 is 4.79 Å². The van der Waals surface area contributed by atoms with E-state index < -0.39 is 0 Å². The van der Waals surface area contributed by atoms with Crippen LogP contribution in [0.1, 0.15) is 24.0 Å². The molecule has 1 atom stereocenters. The fraction of sp³-hybridized carbons (Fsp3) is 0.500. The van der Waals surface area contributed by atoms with Gasteiger partial charge in [-0.1, -0.05) is 29.8 Å². The molecule has 1 aromatic carbocycles. The van der Waals surface area contributed by atoms with Crippen molar-refractivity contribution in [1.29, 1.82) is 0 Å². The van der Waals surface area contributed by atoms with E-state index in [9.17, 15) is 4.79 Å². The first kappa shape index (κ1) is 13.1. The number of aryl methyl sites for hydroxylation is 1. The standard InChI is InChI=1S/C14H21N3O/c1-11-4-6-12(7-5-11)9-17-8-2-3-13(10-17)14(18)16-15/h4-7,13H,2-3,8-10,15H2,1H3,(H,16,18). The number of piperidine rings is 1. The van der Waals surface area contributed by atoms with E-state index in [2.05, 4.69) is 41.5 Å². The number of likely N-dealkylation sites (tertiary alicyclic amines) is 1. The lowest BCUT2D eigenvalue weighted by Gasteiger charge is -2.31. The maximum atomic E-state index is 11.5. The van der Waals surface area contributed by atoms with E-state index in [0.29, 0.717) is 0 Å². The maximum Gasteiger partial charge on any atom is 0.238 e. The monoisotopic (exact) mass is 247 g/mol. The van der Waals surface area contributed by atoms with Crippen molar-refractivity contribution in [3.63, 3.8) is 0 Å². The fourth-order valence-electron chi connectivity index (χ4n) is 2.48. The van der Waals surface area contributed by atoms with Gasteiger partial charge in [-0.2, -0.15) is 0 Å². The highest BCUT2D eigenvalue weighted by Crippen LogP contribution is 2.18. The number of nitrogens with two attached hydrogens (primary N) is 1. The van der Waals surface area contributed by atoms with Gasteiger partial charge in [-0.15, -0.1) is 0 Å². The Bertz CT molecular complexity index is 402. The van der Waals surface area contributed by atoms with E-state index in [1.807, 2.05) is 0 Å². The number of rotatable bonds is 3. The first-order chi connectivity index (χ1) is 8.69. The van der Waals surface area contributed by atoms with Gasteiger partial charge in [0.2, 0.25) is 5.91 Å². The van der Waals surface area contributed by atoms with Crippen molar-refractivity contribution >= 4 is 5.91 Å². The van der Waals surface area contributed by atoms with Crippen molar-refractivity contribution in [3.8, 4) is 0 Å². The van der Waals surface area contributed by atoms with Gasteiger partial charge in [0.05, 0.1) is 5.92 Å². The molecule has 1 fully saturated rings. The Morgan fingerprint density at radius 1 is 1.44 bits per heavy atom. The molecule has 0 bridgehead atoms. The van der Waals surface area contributed by atoms with Crippen LogP contribution in [0.3, 0.4) is 0 Å². The third-order valence-electron chi connectivity index (χ3n) is 3.55. The Kier molecular flexibility index (Phi) is 4.33. The van der Waals surface area contributed by atoms with Crippen molar-refractivity contribution in [2.45, 2.75) is 26.3 Å². The first-order valence-corrected chi connectivity index (χ1v) is 6.47. The number of benzene rings is 1. The molecule has 0 spiro atoms. The highest BCUT2D eigenvalue weighted by molar-refractivity contribution is 5.78. The molecule has 1 aliphatic rings. The summed E-state index contributed by atoms with van der Waals surface area (Å²) in [4.78, 5) is 13.9. The van der Waals surface area contributed by atoms with Crippen LogP contribution < -0.4 is 11.3 Å². The number of carbonyl (C=O) groups is 1. The average molecular weight is 247 g/mol.